The van der Waals surface area contributed by atoms with Gasteiger partial charge in [-0.2, -0.15) is 0 Å². The zero-order valence-corrected chi connectivity index (χ0v) is 9.81. The average molecular weight is 289 g/mol. The highest BCUT2D eigenvalue weighted by atomic mass is 79.9. The van der Waals surface area contributed by atoms with E-state index in [1.54, 1.807) is 6.07 Å². The molecule has 0 amide bonds. The van der Waals surface area contributed by atoms with Gasteiger partial charge in [0.05, 0.1) is 6.20 Å². The van der Waals surface area contributed by atoms with Crippen LogP contribution in [-0.4, -0.2) is 4.98 Å². The van der Waals surface area contributed by atoms with Gasteiger partial charge in [0.1, 0.15) is 5.00 Å². The van der Waals surface area contributed by atoms with Gasteiger partial charge in [0.2, 0.25) is 0 Å². The first-order chi connectivity index (χ1) is 7.15. The second-order valence-electron chi connectivity index (χ2n) is 2.71. The molecule has 1 aromatic heterocycles. The van der Waals surface area contributed by atoms with Crippen molar-refractivity contribution in [1.29, 1.82) is 0 Å². The number of halogens is 2. The number of hydrogen-bond donors (Lipinski definition) is 1. The molecule has 2 N–H and O–H groups in total. The second-order valence-corrected chi connectivity index (χ2v) is 4.65. The fraction of sp³-hybridized carbons (Fsp3) is 0. The smallest absolute Gasteiger partial charge is 0.280 e. The number of nitrogen functional groups attached to an aromatic ring is 1. The molecule has 78 valence electrons. The Hall–Kier alpha value is -1.14. The van der Waals surface area contributed by atoms with Gasteiger partial charge >= 0.3 is 0 Å². The zero-order chi connectivity index (χ0) is 10.8. The Labute approximate surface area is 97.8 Å². The van der Waals surface area contributed by atoms with E-state index in [4.69, 9.17) is 10.5 Å². The summed E-state index contributed by atoms with van der Waals surface area (Å²) in [4.78, 5) is 3.87. The summed E-state index contributed by atoms with van der Waals surface area (Å²) in [5.41, 5.74) is 5.47. The highest BCUT2D eigenvalue weighted by molar-refractivity contribution is 9.10. The Morgan fingerprint density at radius 3 is 2.93 bits per heavy atom. The van der Waals surface area contributed by atoms with Gasteiger partial charge in [-0.3, -0.25) is 0 Å². The number of thiazole rings is 1. The first-order valence-corrected chi connectivity index (χ1v) is 5.60. The summed E-state index contributed by atoms with van der Waals surface area (Å²) in [6, 6.07) is 4.45. The van der Waals surface area contributed by atoms with E-state index in [1.807, 2.05) is 0 Å². The van der Waals surface area contributed by atoms with E-state index in [-0.39, 0.29) is 5.75 Å². The van der Waals surface area contributed by atoms with Crippen molar-refractivity contribution >= 4 is 32.3 Å². The monoisotopic (exact) mass is 288 g/mol. The minimum atomic E-state index is -0.438. The molecule has 6 heteroatoms. The predicted octanol–water partition coefficient (Wildman–Crippen LogP) is 3.42. The molecule has 0 unspecified atom stereocenters. The van der Waals surface area contributed by atoms with E-state index in [2.05, 4.69) is 20.9 Å². The van der Waals surface area contributed by atoms with Crippen LogP contribution in [0.2, 0.25) is 0 Å². The quantitative estimate of drug-likeness (QED) is 0.921. The third-order valence-corrected chi connectivity index (χ3v) is 2.79. The number of anilines is 1. The highest BCUT2D eigenvalue weighted by Gasteiger charge is 2.07. The van der Waals surface area contributed by atoms with E-state index < -0.39 is 5.82 Å². The summed E-state index contributed by atoms with van der Waals surface area (Å²) in [6.07, 6.45) is 1.47. The normalized spacial score (nSPS) is 10.3. The Morgan fingerprint density at radius 1 is 1.47 bits per heavy atom. The van der Waals surface area contributed by atoms with Crippen molar-refractivity contribution in [2.24, 2.45) is 0 Å². The maximum absolute atomic E-state index is 13.3. The molecule has 0 radical (unpaired) electrons. The summed E-state index contributed by atoms with van der Waals surface area (Å²) in [5, 5.41) is 0.852. The van der Waals surface area contributed by atoms with E-state index in [0.717, 1.165) is 15.8 Å². The van der Waals surface area contributed by atoms with Gasteiger partial charge in [-0.1, -0.05) is 27.3 Å². The molecular weight excluding hydrogens is 283 g/mol. The molecule has 15 heavy (non-hydrogen) atoms. The molecular formula is C9H6BrFN2OS. The van der Waals surface area contributed by atoms with E-state index >= 15 is 0 Å². The third-order valence-electron chi connectivity index (χ3n) is 1.59. The lowest BCUT2D eigenvalue weighted by molar-refractivity contribution is 0.439. The van der Waals surface area contributed by atoms with Gasteiger partial charge < -0.3 is 10.5 Å². The van der Waals surface area contributed by atoms with Crippen LogP contribution in [-0.2, 0) is 0 Å². The Bertz CT molecular complexity index is 489. The number of benzene rings is 1. The summed E-state index contributed by atoms with van der Waals surface area (Å²) >= 11 is 4.39. The summed E-state index contributed by atoms with van der Waals surface area (Å²) < 4.78 is 19.2. The molecule has 1 heterocycles. The van der Waals surface area contributed by atoms with E-state index in [1.165, 1.54) is 18.3 Å². The molecule has 0 saturated carbocycles. The SMILES string of the molecule is Nc1cnc(Oc2cc(Br)ccc2F)s1. The van der Waals surface area contributed by atoms with Gasteiger partial charge in [-0.15, -0.1) is 0 Å². The minimum absolute atomic E-state index is 0.124. The Kier molecular flexibility index (Phi) is 2.88. The lowest BCUT2D eigenvalue weighted by atomic mass is 10.3. The van der Waals surface area contributed by atoms with Crippen LogP contribution >= 0.6 is 27.3 Å². The molecule has 1 aromatic carbocycles. The molecule has 0 aliphatic heterocycles. The summed E-state index contributed by atoms with van der Waals surface area (Å²) in [5.74, 6) is -0.314. The number of nitrogens with two attached hydrogens (primary N) is 1. The van der Waals surface area contributed by atoms with Gasteiger partial charge in [0.25, 0.3) is 5.19 Å². The van der Waals surface area contributed by atoms with Crippen LogP contribution in [0.3, 0.4) is 0 Å². The molecule has 0 aliphatic rings. The van der Waals surface area contributed by atoms with Crippen LogP contribution in [0.4, 0.5) is 9.39 Å². The fourth-order valence-corrected chi connectivity index (χ4v) is 1.85. The van der Waals surface area contributed by atoms with E-state index in [9.17, 15) is 4.39 Å². The van der Waals surface area contributed by atoms with Crippen LogP contribution in [0.25, 0.3) is 0 Å². The molecule has 0 aliphatic carbocycles. The number of nitrogens with zero attached hydrogens (tertiary/aromatic N) is 1. The summed E-state index contributed by atoms with van der Waals surface area (Å²) in [6.45, 7) is 0. The molecule has 0 saturated heterocycles. The largest absolute Gasteiger partial charge is 0.428 e. The molecule has 0 bridgehead atoms. The van der Waals surface area contributed by atoms with Crippen molar-refractivity contribution in [3.8, 4) is 10.9 Å². The fourth-order valence-electron chi connectivity index (χ4n) is 0.967. The topological polar surface area (TPSA) is 48.1 Å². The molecule has 0 spiro atoms. The maximum Gasteiger partial charge on any atom is 0.280 e. The predicted molar refractivity (Wildman–Crippen MR) is 60.7 cm³/mol. The van der Waals surface area contributed by atoms with Crippen molar-refractivity contribution in [3.05, 3.63) is 34.7 Å². The molecule has 3 nitrogen and oxygen atoms in total. The average Bonchev–Trinajstić information content (AvgIpc) is 2.58. The number of aromatic nitrogens is 1. The number of ether oxygens (including phenoxy) is 1. The van der Waals surface area contributed by atoms with Crippen LogP contribution in [0.1, 0.15) is 0 Å². The van der Waals surface area contributed by atoms with Gasteiger partial charge in [-0.25, -0.2) is 9.37 Å². The van der Waals surface area contributed by atoms with Crippen LogP contribution in [0.15, 0.2) is 28.9 Å². The standard InChI is InChI=1S/C9H6BrFN2OS/c10-5-1-2-6(11)7(3-5)14-9-13-4-8(12)15-9/h1-4H,12H2. The number of rotatable bonds is 2. The Balaban J connectivity index is 2.27. The van der Waals surface area contributed by atoms with Crippen molar-refractivity contribution in [3.63, 3.8) is 0 Å². The first-order valence-electron chi connectivity index (χ1n) is 3.99. The van der Waals surface area contributed by atoms with Crippen molar-refractivity contribution in [1.82, 2.24) is 4.98 Å². The van der Waals surface area contributed by atoms with Gasteiger partial charge in [0, 0.05) is 4.47 Å². The molecule has 2 aromatic rings. The first kappa shape index (κ1) is 10.4. The third kappa shape index (κ3) is 2.45. The van der Waals surface area contributed by atoms with Gasteiger partial charge in [-0.05, 0) is 18.2 Å². The molecule has 0 atom stereocenters. The van der Waals surface area contributed by atoms with Crippen LogP contribution < -0.4 is 10.5 Å². The van der Waals surface area contributed by atoms with Crippen molar-refractivity contribution < 1.29 is 9.13 Å². The lowest BCUT2D eigenvalue weighted by Gasteiger charge is -2.02. The minimum Gasteiger partial charge on any atom is -0.428 e. The molecule has 0 fully saturated rings. The van der Waals surface area contributed by atoms with E-state index in [0.29, 0.717) is 10.2 Å². The van der Waals surface area contributed by atoms with Crippen LogP contribution in [0.5, 0.6) is 10.9 Å². The summed E-state index contributed by atoms with van der Waals surface area (Å²) in [7, 11) is 0. The van der Waals surface area contributed by atoms with Crippen molar-refractivity contribution in [2.75, 3.05) is 5.73 Å². The zero-order valence-electron chi connectivity index (χ0n) is 7.41. The van der Waals surface area contributed by atoms with Crippen LogP contribution in [0, 0.1) is 5.82 Å². The second kappa shape index (κ2) is 4.16. The highest BCUT2D eigenvalue weighted by Crippen LogP contribution is 2.30. The lowest BCUT2D eigenvalue weighted by Crippen LogP contribution is -1.87. The molecule has 2 rings (SSSR count). The number of hydrogen-bond acceptors (Lipinski definition) is 4. The Morgan fingerprint density at radius 2 is 2.27 bits per heavy atom. The van der Waals surface area contributed by atoms with Crippen molar-refractivity contribution in [2.45, 2.75) is 0 Å². The van der Waals surface area contributed by atoms with Gasteiger partial charge in [0.15, 0.2) is 11.6 Å². The maximum atomic E-state index is 13.3.